The third-order valence-electron chi connectivity index (χ3n) is 2.18. The minimum absolute atomic E-state index is 0.0374. The van der Waals surface area contributed by atoms with Crippen LogP contribution in [0.2, 0.25) is 0 Å². The molecule has 0 aromatic heterocycles. The average Bonchev–Trinajstić information content (AvgIpc) is 2.64. The maximum atomic E-state index is 12.4. The van der Waals surface area contributed by atoms with Crippen LogP contribution in [0.4, 0.5) is 0 Å². The minimum atomic E-state index is -3.13. The van der Waals surface area contributed by atoms with Crippen molar-refractivity contribution in [1.82, 2.24) is 0 Å². The van der Waals surface area contributed by atoms with Gasteiger partial charge in [0.2, 0.25) is 0 Å². The second-order valence-electron chi connectivity index (χ2n) is 4.78. The van der Waals surface area contributed by atoms with Crippen LogP contribution in [0.25, 0.3) is 0 Å². The average molecular weight is 262 g/mol. The lowest BCUT2D eigenvalue weighted by Crippen LogP contribution is -2.15. The predicted octanol–water partition coefficient (Wildman–Crippen LogP) is 3.72. The molecule has 0 fully saturated rings. The quantitative estimate of drug-likeness (QED) is 0.518. The molecule has 0 amide bonds. The molecule has 0 heterocycles. The second kappa shape index (κ2) is 6.69. The van der Waals surface area contributed by atoms with Crippen molar-refractivity contribution in [3.8, 4) is 0 Å². The van der Waals surface area contributed by atoms with Crippen molar-refractivity contribution >= 4 is 7.60 Å². The van der Waals surface area contributed by atoms with E-state index >= 15 is 0 Å². The van der Waals surface area contributed by atoms with Crippen LogP contribution in [0.15, 0.2) is 12.2 Å². The van der Waals surface area contributed by atoms with Gasteiger partial charge < -0.3 is 13.8 Å². The molecular weight excluding hydrogens is 239 g/mol. The maximum absolute atomic E-state index is 12.4. The Hall–Kier alpha value is -0.150. The molecule has 0 atom stereocenters. The predicted molar refractivity (Wildman–Crippen MR) is 68.2 cm³/mol. The van der Waals surface area contributed by atoms with Gasteiger partial charge in [0.1, 0.15) is 6.35 Å². The zero-order valence-corrected chi connectivity index (χ0v) is 12.0. The van der Waals surface area contributed by atoms with E-state index in [1.54, 1.807) is 0 Å². The summed E-state index contributed by atoms with van der Waals surface area (Å²) in [5, 5.41) is 0. The number of ether oxygens (including phenoxy) is 1. The summed E-state index contributed by atoms with van der Waals surface area (Å²) in [6, 6.07) is 0. The largest absolute Gasteiger partial charge is 0.365 e. The zero-order chi connectivity index (χ0) is 12.9. The van der Waals surface area contributed by atoms with Crippen LogP contribution in [0, 0.1) is 0 Å². The van der Waals surface area contributed by atoms with Gasteiger partial charge in [-0.15, -0.1) is 0 Å². The van der Waals surface area contributed by atoms with E-state index in [1.165, 1.54) is 0 Å². The van der Waals surface area contributed by atoms with Gasteiger partial charge in [-0.05, 0) is 40.5 Å². The molecule has 1 aliphatic rings. The summed E-state index contributed by atoms with van der Waals surface area (Å²) in [4.78, 5) is 0. The molecule has 0 saturated carbocycles. The van der Waals surface area contributed by atoms with Crippen molar-refractivity contribution in [1.29, 1.82) is 0 Å². The van der Waals surface area contributed by atoms with Gasteiger partial charge in [0.25, 0.3) is 0 Å². The van der Waals surface area contributed by atoms with Crippen molar-refractivity contribution in [2.24, 2.45) is 0 Å². The van der Waals surface area contributed by atoms with Crippen molar-refractivity contribution in [3.63, 3.8) is 0 Å². The van der Waals surface area contributed by atoms with Crippen LogP contribution in [-0.4, -0.2) is 24.7 Å². The van der Waals surface area contributed by atoms with Crippen LogP contribution in [0.3, 0.4) is 0 Å². The van der Waals surface area contributed by atoms with Gasteiger partial charge in [-0.25, -0.2) is 0 Å². The smallest absolute Gasteiger partial charge is 0.356 e. The molecule has 100 valence electrons. The highest BCUT2D eigenvalue weighted by Gasteiger charge is 2.29. The molecule has 0 N–H and O–H groups in total. The van der Waals surface area contributed by atoms with E-state index in [0.717, 1.165) is 12.8 Å². The summed E-state index contributed by atoms with van der Waals surface area (Å²) in [6.07, 6.45) is 5.79. The first kappa shape index (κ1) is 14.9. The Morgan fingerprint density at radius 1 is 1.12 bits per heavy atom. The summed E-state index contributed by atoms with van der Waals surface area (Å²) < 4.78 is 28.8. The fourth-order valence-corrected chi connectivity index (χ4v) is 3.50. The van der Waals surface area contributed by atoms with E-state index in [9.17, 15) is 4.57 Å². The van der Waals surface area contributed by atoms with Crippen LogP contribution >= 0.6 is 7.60 Å². The number of hydrogen-bond acceptors (Lipinski definition) is 4. The van der Waals surface area contributed by atoms with E-state index in [0.29, 0.717) is 0 Å². The van der Waals surface area contributed by atoms with Crippen LogP contribution in [0.5, 0.6) is 0 Å². The molecule has 0 spiro atoms. The maximum Gasteiger partial charge on any atom is 0.356 e. The molecule has 17 heavy (non-hydrogen) atoms. The highest BCUT2D eigenvalue weighted by Crippen LogP contribution is 2.50. The SMILES string of the molecule is CC(C)OP(=O)(COC1CC=CC1)OC(C)C. The first-order chi connectivity index (χ1) is 7.91. The number of rotatable bonds is 7. The molecule has 0 aromatic carbocycles. The number of hydrogen-bond donors (Lipinski definition) is 0. The third kappa shape index (κ3) is 5.82. The summed E-state index contributed by atoms with van der Waals surface area (Å²) in [5.41, 5.74) is 0. The van der Waals surface area contributed by atoms with Gasteiger partial charge in [0.05, 0.1) is 18.3 Å². The summed E-state index contributed by atoms with van der Waals surface area (Å²) in [7, 11) is -3.13. The Kier molecular flexibility index (Phi) is 5.87. The standard InChI is InChI=1S/C12H23O4P/c1-10(2)15-17(13,16-11(3)4)9-14-12-7-5-6-8-12/h5-6,10-12H,7-9H2,1-4H3. The van der Waals surface area contributed by atoms with E-state index < -0.39 is 7.60 Å². The van der Waals surface area contributed by atoms with Crippen molar-refractivity contribution in [2.75, 3.05) is 6.35 Å². The molecule has 0 aromatic rings. The first-order valence-electron chi connectivity index (χ1n) is 6.14. The molecule has 0 unspecified atom stereocenters. The van der Waals surface area contributed by atoms with Crippen molar-refractivity contribution in [3.05, 3.63) is 12.2 Å². The van der Waals surface area contributed by atoms with E-state index in [1.807, 2.05) is 27.7 Å². The highest BCUT2D eigenvalue weighted by molar-refractivity contribution is 7.53. The van der Waals surface area contributed by atoms with Gasteiger partial charge in [0.15, 0.2) is 0 Å². The summed E-state index contributed by atoms with van der Waals surface area (Å²) in [5.74, 6) is 0. The highest BCUT2D eigenvalue weighted by atomic mass is 31.2. The van der Waals surface area contributed by atoms with Gasteiger partial charge >= 0.3 is 7.60 Å². The minimum Gasteiger partial charge on any atom is -0.365 e. The zero-order valence-electron chi connectivity index (χ0n) is 11.1. The van der Waals surface area contributed by atoms with Gasteiger partial charge in [0, 0.05) is 0 Å². The van der Waals surface area contributed by atoms with Gasteiger partial charge in [-0.2, -0.15) is 0 Å². The molecule has 0 aliphatic heterocycles. The lowest BCUT2D eigenvalue weighted by molar-refractivity contribution is 0.0602. The van der Waals surface area contributed by atoms with Crippen LogP contribution in [0.1, 0.15) is 40.5 Å². The van der Waals surface area contributed by atoms with E-state index in [4.69, 9.17) is 13.8 Å². The van der Waals surface area contributed by atoms with Crippen LogP contribution in [-0.2, 0) is 18.3 Å². The molecular formula is C12H23O4P. The van der Waals surface area contributed by atoms with Gasteiger partial charge in [-0.3, -0.25) is 4.57 Å². The Morgan fingerprint density at radius 2 is 1.59 bits per heavy atom. The molecule has 0 saturated heterocycles. The Labute approximate surface area is 104 Å². The molecule has 0 bridgehead atoms. The van der Waals surface area contributed by atoms with Crippen LogP contribution < -0.4 is 0 Å². The van der Waals surface area contributed by atoms with Crippen molar-refractivity contribution < 1.29 is 18.3 Å². The van der Waals surface area contributed by atoms with E-state index in [-0.39, 0.29) is 24.7 Å². The fraction of sp³-hybridized carbons (Fsp3) is 0.833. The molecule has 5 heteroatoms. The molecule has 4 nitrogen and oxygen atoms in total. The van der Waals surface area contributed by atoms with E-state index in [2.05, 4.69) is 12.2 Å². The Morgan fingerprint density at radius 3 is 2.00 bits per heavy atom. The fourth-order valence-electron chi connectivity index (χ4n) is 1.65. The van der Waals surface area contributed by atoms with Crippen molar-refractivity contribution in [2.45, 2.75) is 58.8 Å². The second-order valence-corrected chi connectivity index (χ2v) is 6.68. The molecule has 1 rings (SSSR count). The normalized spacial score (nSPS) is 17.5. The first-order valence-corrected chi connectivity index (χ1v) is 7.86. The Bertz CT molecular complexity index is 277. The van der Waals surface area contributed by atoms with Gasteiger partial charge in [-0.1, -0.05) is 12.2 Å². The monoisotopic (exact) mass is 262 g/mol. The Balaban J connectivity index is 2.47. The third-order valence-corrected chi connectivity index (χ3v) is 4.13. The lowest BCUT2D eigenvalue weighted by Gasteiger charge is -2.24. The lowest BCUT2D eigenvalue weighted by atomic mass is 10.3. The summed E-state index contributed by atoms with van der Waals surface area (Å²) >= 11 is 0. The summed E-state index contributed by atoms with van der Waals surface area (Å²) in [6.45, 7) is 7.36. The topological polar surface area (TPSA) is 44.8 Å². The molecule has 0 radical (unpaired) electrons. The molecule has 1 aliphatic carbocycles.